The summed E-state index contributed by atoms with van der Waals surface area (Å²) >= 11 is 0. The van der Waals surface area contributed by atoms with Crippen LogP contribution in [0.2, 0.25) is 0 Å². The first-order valence-corrected chi connectivity index (χ1v) is 9.15. The first-order valence-electron chi connectivity index (χ1n) is 9.15. The van der Waals surface area contributed by atoms with Crippen LogP contribution in [0, 0.1) is 6.92 Å². The molecule has 0 saturated heterocycles. The number of amides is 1. The number of fused-ring (bicyclic) bond motifs is 1. The third-order valence-electron chi connectivity index (χ3n) is 4.79. The topological polar surface area (TPSA) is 72.5 Å². The summed E-state index contributed by atoms with van der Waals surface area (Å²) in [7, 11) is 1.51. The Labute approximate surface area is 154 Å². The lowest BCUT2D eigenvalue weighted by atomic mass is 10.0. The van der Waals surface area contributed by atoms with Crippen LogP contribution in [0.4, 0.5) is 0 Å². The minimum atomic E-state index is -0.123. The van der Waals surface area contributed by atoms with Crippen molar-refractivity contribution in [3.8, 4) is 0 Å². The fourth-order valence-electron chi connectivity index (χ4n) is 3.27. The van der Waals surface area contributed by atoms with Gasteiger partial charge in [-0.05, 0) is 38.1 Å². The summed E-state index contributed by atoms with van der Waals surface area (Å²) in [5, 5.41) is 7.40. The van der Waals surface area contributed by atoms with E-state index in [2.05, 4.69) is 34.4 Å². The number of ether oxygens (including phenoxy) is 1. The molecule has 7 nitrogen and oxygen atoms in total. The quantitative estimate of drug-likeness (QED) is 0.780. The van der Waals surface area contributed by atoms with Gasteiger partial charge in [0.15, 0.2) is 0 Å². The summed E-state index contributed by atoms with van der Waals surface area (Å²) in [5.41, 5.74) is 2.10. The zero-order valence-corrected chi connectivity index (χ0v) is 15.8. The molecule has 1 aliphatic rings. The third kappa shape index (κ3) is 4.74. The number of furan rings is 1. The van der Waals surface area contributed by atoms with Crippen LogP contribution in [-0.2, 0) is 29.2 Å². The SMILES string of the molecule is COCC(=O)NCc1cc2n(n1)CCN(CC[C@@H](C)c1ccc(C)o1)C2. The lowest BCUT2D eigenvalue weighted by molar-refractivity contribution is -0.124. The van der Waals surface area contributed by atoms with E-state index in [-0.39, 0.29) is 12.5 Å². The third-order valence-corrected chi connectivity index (χ3v) is 4.79. The Bertz CT molecular complexity index is 737. The van der Waals surface area contributed by atoms with Crippen molar-refractivity contribution in [2.24, 2.45) is 0 Å². The van der Waals surface area contributed by atoms with Crippen molar-refractivity contribution in [1.29, 1.82) is 0 Å². The Morgan fingerprint density at radius 2 is 2.27 bits per heavy atom. The van der Waals surface area contributed by atoms with Gasteiger partial charge in [-0.1, -0.05) is 6.92 Å². The van der Waals surface area contributed by atoms with Gasteiger partial charge >= 0.3 is 0 Å². The second-order valence-electron chi connectivity index (χ2n) is 6.97. The molecule has 1 amide bonds. The van der Waals surface area contributed by atoms with Gasteiger partial charge in [0.25, 0.3) is 0 Å². The first-order chi connectivity index (χ1) is 12.5. The Kier molecular flexibility index (Phi) is 6.11. The van der Waals surface area contributed by atoms with Crippen LogP contribution in [0.1, 0.15) is 42.2 Å². The van der Waals surface area contributed by atoms with Crippen molar-refractivity contribution in [1.82, 2.24) is 20.0 Å². The monoisotopic (exact) mass is 360 g/mol. The number of carbonyl (C=O) groups excluding carboxylic acids is 1. The molecule has 1 aliphatic heterocycles. The van der Waals surface area contributed by atoms with Crippen molar-refractivity contribution >= 4 is 5.91 Å². The largest absolute Gasteiger partial charge is 0.466 e. The van der Waals surface area contributed by atoms with Gasteiger partial charge in [0.2, 0.25) is 5.91 Å². The smallest absolute Gasteiger partial charge is 0.246 e. The minimum Gasteiger partial charge on any atom is -0.466 e. The molecule has 3 heterocycles. The average Bonchev–Trinajstić information content (AvgIpc) is 3.23. The highest BCUT2D eigenvalue weighted by Gasteiger charge is 2.20. The molecule has 1 N–H and O–H groups in total. The molecule has 2 aromatic rings. The summed E-state index contributed by atoms with van der Waals surface area (Å²) in [5.74, 6) is 2.34. The van der Waals surface area contributed by atoms with Gasteiger partial charge in [0.05, 0.1) is 24.5 Å². The molecular weight excluding hydrogens is 332 g/mol. The summed E-state index contributed by atoms with van der Waals surface area (Å²) in [6.45, 7) is 8.52. The molecule has 0 unspecified atom stereocenters. The number of nitrogens with one attached hydrogen (secondary N) is 1. The number of aromatic nitrogens is 2. The first kappa shape index (κ1) is 18.7. The van der Waals surface area contributed by atoms with E-state index in [1.807, 2.05) is 17.7 Å². The molecule has 0 spiro atoms. The number of rotatable bonds is 8. The highest BCUT2D eigenvalue weighted by molar-refractivity contribution is 5.77. The van der Waals surface area contributed by atoms with Crippen molar-refractivity contribution in [2.45, 2.75) is 45.8 Å². The predicted molar refractivity (Wildman–Crippen MR) is 97.7 cm³/mol. The summed E-state index contributed by atoms with van der Waals surface area (Å²) in [6, 6.07) is 6.19. The van der Waals surface area contributed by atoms with E-state index < -0.39 is 0 Å². The van der Waals surface area contributed by atoms with Gasteiger partial charge in [-0.2, -0.15) is 5.10 Å². The Hall–Kier alpha value is -2.12. The van der Waals surface area contributed by atoms with Gasteiger partial charge in [-0.15, -0.1) is 0 Å². The molecule has 0 radical (unpaired) electrons. The number of carbonyl (C=O) groups is 1. The minimum absolute atomic E-state index is 0.0781. The number of hydrogen-bond acceptors (Lipinski definition) is 5. The molecule has 0 aliphatic carbocycles. The Morgan fingerprint density at radius 1 is 1.42 bits per heavy atom. The van der Waals surface area contributed by atoms with E-state index in [0.717, 1.165) is 49.8 Å². The summed E-state index contributed by atoms with van der Waals surface area (Å²) < 4.78 is 12.6. The van der Waals surface area contributed by atoms with Crippen LogP contribution >= 0.6 is 0 Å². The number of hydrogen-bond donors (Lipinski definition) is 1. The molecule has 2 aromatic heterocycles. The van der Waals surface area contributed by atoms with E-state index in [0.29, 0.717) is 12.5 Å². The van der Waals surface area contributed by atoms with Crippen LogP contribution in [0.5, 0.6) is 0 Å². The van der Waals surface area contributed by atoms with Gasteiger partial charge < -0.3 is 14.5 Å². The fraction of sp³-hybridized carbons (Fsp3) is 0.579. The lowest BCUT2D eigenvalue weighted by Crippen LogP contribution is -2.34. The van der Waals surface area contributed by atoms with Crippen LogP contribution < -0.4 is 5.32 Å². The van der Waals surface area contributed by atoms with Crippen molar-refractivity contribution in [2.75, 3.05) is 26.8 Å². The van der Waals surface area contributed by atoms with Gasteiger partial charge in [0.1, 0.15) is 18.1 Å². The number of methoxy groups -OCH3 is 1. The van der Waals surface area contributed by atoms with Crippen molar-refractivity contribution in [3.05, 3.63) is 41.1 Å². The maximum absolute atomic E-state index is 11.5. The van der Waals surface area contributed by atoms with Crippen LogP contribution in [0.15, 0.2) is 22.6 Å². The van der Waals surface area contributed by atoms with Crippen LogP contribution in [-0.4, -0.2) is 47.4 Å². The molecule has 142 valence electrons. The number of nitrogens with zero attached hydrogens (tertiary/aromatic N) is 3. The van der Waals surface area contributed by atoms with E-state index >= 15 is 0 Å². The molecule has 0 aromatic carbocycles. The van der Waals surface area contributed by atoms with Crippen LogP contribution in [0.3, 0.4) is 0 Å². The highest BCUT2D eigenvalue weighted by Crippen LogP contribution is 2.23. The number of aryl methyl sites for hydroxylation is 1. The zero-order chi connectivity index (χ0) is 18.5. The molecule has 0 fully saturated rings. The molecular formula is C19H28N4O3. The van der Waals surface area contributed by atoms with Crippen molar-refractivity contribution in [3.63, 3.8) is 0 Å². The second kappa shape index (κ2) is 8.51. The van der Waals surface area contributed by atoms with E-state index in [1.165, 1.54) is 12.8 Å². The maximum atomic E-state index is 11.5. The van der Waals surface area contributed by atoms with Gasteiger partial charge in [0, 0.05) is 26.1 Å². The maximum Gasteiger partial charge on any atom is 0.246 e. The van der Waals surface area contributed by atoms with Crippen LogP contribution in [0.25, 0.3) is 0 Å². The summed E-state index contributed by atoms with van der Waals surface area (Å²) in [4.78, 5) is 13.9. The molecule has 1 atom stereocenters. The fourth-order valence-corrected chi connectivity index (χ4v) is 3.27. The molecule has 26 heavy (non-hydrogen) atoms. The Morgan fingerprint density at radius 3 is 3.00 bits per heavy atom. The second-order valence-corrected chi connectivity index (χ2v) is 6.97. The van der Waals surface area contributed by atoms with Gasteiger partial charge in [-0.3, -0.25) is 14.4 Å². The van der Waals surface area contributed by atoms with Crippen molar-refractivity contribution < 1.29 is 13.9 Å². The molecule has 7 heteroatoms. The normalized spacial score (nSPS) is 15.7. The average molecular weight is 360 g/mol. The highest BCUT2D eigenvalue weighted by atomic mass is 16.5. The zero-order valence-electron chi connectivity index (χ0n) is 15.8. The van der Waals surface area contributed by atoms with E-state index in [9.17, 15) is 4.79 Å². The lowest BCUT2D eigenvalue weighted by Gasteiger charge is -2.28. The van der Waals surface area contributed by atoms with E-state index in [1.54, 1.807) is 0 Å². The van der Waals surface area contributed by atoms with E-state index in [4.69, 9.17) is 9.15 Å². The summed E-state index contributed by atoms with van der Waals surface area (Å²) in [6.07, 6.45) is 1.07. The molecule has 0 saturated carbocycles. The Balaban J connectivity index is 1.49. The molecule has 3 rings (SSSR count). The standard InChI is InChI=1S/C19H28N4O3/c1-14(18-5-4-15(2)26-18)6-7-22-8-9-23-17(12-22)10-16(21-23)11-20-19(24)13-25-3/h4-5,10,14H,6-9,11-13H2,1-3H3,(H,20,24)/t14-/m1/s1. The predicted octanol–water partition coefficient (Wildman–Crippen LogP) is 2.06. The molecule has 0 bridgehead atoms. The van der Waals surface area contributed by atoms with Gasteiger partial charge in [-0.25, -0.2) is 0 Å².